The van der Waals surface area contributed by atoms with Crippen LogP contribution in [0.3, 0.4) is 0 Å². The average Bonchev–Trinajstić information content (AvgIpc) is 2.93. The van der Waals surface area contributed by atoms with Crippen LogP contribution in [-0.4, -0.2) is 19.1 Å². The third-order valence-corrected chi connectivity index (χ3v) is 4.00. The number of furan rings is 1. The number of rotatable bonds is 5. The maximum absolute atomic E-state index is 11.3. The molecule has 0 bridgehead atoms. The van der Waals surface area contributed by atoms with Crippen LogP contribution in [0.2, 0.25) is 0 Å². The third kappa shape index (κ3) is 3.83. The fourth-order valence-electron chi connectivity index (χ4n) is 2.75. The van der Waals surface area contributed by atoms with Gasteiger partial charge < -0.3 is 14.5 Å². The Balaban J connectivity index is 1.81. The molecule has 1 unspecified atom stereocenters. The van der Waals surface area contributed by atoms with Gasteiger partial charge in [-0.1, -0.05) is 19.3 Å². The molecule has 1 aliphatic rings. The zero-order valence-corrected chi connectivity index (χ0v) is 11.8. The monoisotopic (exact) mass is 265 g/mol. The molecule has 1 saturated carbocycles. The molecule has 0 spiro atoms. The highest BCUT2D eigenvalue weighted by molar-refractivity contribution is 5.86. The van der Waals surface area contributed by atoms with Gasteiger partial charge in [0.1, 0.15) is 5.76 Å². The summed E-state index contributed by atoms with van der Waals surface area (Å²) < 4.78 is 10.1. The normalized spacial score (nSPS) is 18.2. The van der Waals surface area contributed by atoms with Gasteiger partial charge >= 0.3 is 5.97 Å². The summed E-state index contributed by atoms with van der Waals surface area (Å²) in [6, 6.07) is 3.98. The van der Waals surface area contributed by atoms with Gasteiger partial charge in [-0.05, 0) is 37.8 Å². The van der Waals surface area contributed by atoms with Crippen LogP contribution in [0.1, 0.15) is 55.3 Å². The van der Waals surface area contributed by atoms with Crippen molar-refractivity contribution >= 4 is 5.97 Å². The molecule has 1 aromatic rings. The molecular weight excluding hydrogens is 242 g/mol. The van der Waals surface area contributed by atoms with Gasteiger partial charge in [0.15, 0.2) is 0 Å². The predicted octanol–water partition coefficient (Wildman–Crippen LogP) is 3.12. The molecule has 1 aliphatic carbocycles. The van der Waals surface area contributed by atoms with Gasteiger partial charge in [0.2, 0.25) is 5.76 Å². The molecule has 1 fully saturated rings. The van der Waals surface area contributed by atoms with E-state index in [1.807, 2.05) is 6.07 Å². The molecule has 0 aromatic carbocycles. The van der Waals surface area contributed by atoms with Crippen LogP contribution >= 0.6 is 0 Å². The summed E-state index contributed by atoms with van der Waals surface area (Å²) in [4.78, 5) is 11.3. The molecule has 1 N–H and O–H groups in total. The maximum Gasteiger partial charge on any atom is 0.373 e. The van der Waals surface area contributed by atoms with Crippen LogP contribution in [0.5, 0.6) is 0 Å². The minimum Gasteiger partial charge on any atom is -0.463 e. The number of hydrogen-bond acceptors (Lipinski definition) is 4. The first kappa shape index (κ1) is 14.1. The van der Waals surface area contributed by atoms with Gasteiger partial charge in [-0.15, -0.1) is 0 Å². The largest absolute Gasteiger partial charge is 0.463 e. The number of nitrogens with one attached hydrogen (secondary N) is 1. The number of esters is 1. The van der Waals surface area contributed by atoms with Crippen LogP contribution in [-0.2, 0) is 11.3 Å². The third-order valence-electron chi connectivity index (χ3n) is 4.00. The van der Waals surface area contributed by atoms with Crippen molar-refractivity contribution in [2.75, 3.05) is 7.11 Å². The van der Waals surface area contributed by atoms with E-state index < -0.39 is 5.97 Å². The van der Waals surface area contributed by atoms with Crippen LogP contribution in [0.15, 0.2) is 16.5 Å². The molecule has 19 heavy (non-hydrogen) atoms. The van der Waals surface area contributed by atoms with Gasteiger partial charge in [-0.25, -0.2) is 4.79 Å². The van der Waals surface area contributed by atoms with Crippen molar-refractivity contribution in [3.8, 4) is 0 Å². The molecule has 4 nitrogen and oxygen atoms in total. The van der Waals surface area contributed by atoms with Crippen LogP contribution in [0.25, 0.3) is 0 Å². The van der Waals surface area contributed by atoms with Crippen LogP contribution in [0, 0.1) is 5.92 Å². The maximum atomic E-state index is 11.3. The number of hydrogen-bond donors (Lipinski definition) is 1. The Labute approximate surface area is 114 Å². The van der Waals surface area contributed by atoms with Gasteiger partial charge in [-0.2, -0.15) is 0 Å². The molecule has 4 heteroatoms. The Hall–Kier alpha value is -1.29. The zero-order valence-electron chi connectivity index (χ0n) is 11.8. The average molecular weight is 265 g/mol. The second-order valence-corrected chi connectivity index (χ2v) is 5.33. The smallest absolute Gasteiger partial charge is 0.373 e. The number of methoxy groups -OCH3 is 1. The van der Waals surface area contributed by atoms with E-state index in [-0.39, 0.29) is 5.76 Å². The summed E-state index contributed by atoms with van der Waals surface area (Å²) in [5, 5.41) is 3.49. The first-order chi connectivity index (χ1) is 9.20. The highest BCUT2D eigenvalue weighted by Crippen LogP contribution is 2.26. The van der Waals surface area contributed by atoms with Crippen molar-refractivity contribution in [2.45, 2.75) is 51.6 Å². The quantitative estimate of drug-likeness (QED) is 0.831. The number of ether oxygens (including phenoxy) is 1. The minimum absolute atomic E-state index is 0.268. The molecule has 0 saturated heterocycles. The summed E-state index contributed by atoms with van der Waals surface area (Å²) in [6.07, 6.45) is 6.72. The Kier molecular flexibility index (Phi) is 5.02. The topological polar surface area (TPSA) is 51.5 Å². The number of carbonyl (C=O) groups is 1. The fourth-order valence-corrected chi connectivity index (χ4v) is 2.75. The molecule has 1 atom stereocenters. The minimum atomic E-state index is -0.424. The van der Waals surface area contributed by atoms with E-state index in [4.69, 9.17) is 4.42 Å². The van der Waals surface area contributed by atoms with Gasteiger partial charge in [0.05, 0.1) is 13.7 Å². The van der Waals surface area contributed by atoms with Gasteiger partial charge in [-0.3, -0.25) is 0 Å². The first-order valence-electron chi connectivity index (χ1n) is 7.11. The summed E-state index contributed by atoms with van der Waals surface area (Å²) >= 11 is 0. The standard InChI is InChI=1S/C15H23NO3/c1-11(12-6-4-3-5-7-12)16-10-13-8-9-14(19-13)15(17)18-2/h8-9,11-12,16H,3-7,10H2,1-2H3. The molecule has 0 aliphatic heterocycles. The van der Waals surface area contributed by atoms with E-state index in [9.17, 15) is 4.79 Å². The predicted molar refractivity (Wildman–Crippen MR) is 72.9 cm³/mol. The summed E-state index contributed by atoms with van der Waals surface area (Å²) in [7, 11) is 1.36. The van der Waals surface area contributed by atoms with Crippen molar-refractivity contribution in [1.29, 1.82) is 0 Å². The lowest BCUT2D eigenvalue weighted by Crippen LogP contribution is -2.34. The lowest BCUT2D eigenvalue weighted by molar-refractivity contribution is 0.0562. The van der Waals surface area contributed by atoms with E-state index in [2.05, 4.69) is 17.0 Å². The van der Waals surface area contributed by atoms with E-state index in [0.717, 1.165) is 11.7 Å². The second-order valence-electron chi connectivity index (χ2n) is 5.33. The molecular formula is C15H23NO3. The van der Waals surface area contributed by atoms with E-state index in [1.54, 1.807) is 6.07 Å². The Bertz CT molecular complexity index is 407. The fraction of sp³-hybridized carbons (Fsp3) is 0.667. The highest BCUT2D eigenvalue weighted by Gasteiger charge is 2.20. The van der Waals surface area contributed by atoms with Crippen molar-refractivity contribution in [1.82, 2.24) is 5.32 Å². The van der Waals surface area contributed by atoms with Crippen LogP contribution < -0.4 is 5.32 Å². The van der Waals surface area contributed by atoms with Crippen molar-refractivity contribution < 1.29 is 13.9 Å². The second kappa shape index (κ2) is 6.75. The van der Waals surface area contributed by atoms with E-state index >= 15 is 0 Å². The summed E-state index contributed by atoms with van der Waals surface area (Å²) in [5.41, 5.74) is 0. The molecule has 0 amide bonds. The Morgan fingerprint density at radius 1 is 1.42 bits per heavy atom. The van der Waals surface area contributed by atoms with E-state index in [0.29, 0.717) is 12.6 Å². The van der Waals surface area contributed by atoms with Crippen molar-refractivity contribution in [3.05, 3.63) is 23.7 Å². The number of carbonyl (C=O) groups excluding carboxylic acids is 1. The van der Waals surface area contributed by atoms with Crippen molar-refractivity contribution in [3.63, 3.8) is 0 Å². The van der Waals surface area contributed by atoms with Crippen LogP contribution in [0.4, 0.5) is 0 Å². The summed E-state index contributed by atoms with van der Waals surface area (Å²) in [6.45, 7) is 2.90. The molecule has 0 radical (unpaired) electrons. The molecule has 106 valence electrons. The van der Waals surface area contributed by atoms with E-state index in [1.165, 1.54) is 39.2 Å². The molecule has 2 rings (SSSR count). The van der Waals surface area contributed by atoms with Crippen molar-refractivity contribution in [2.24, 2.45) is 5.92 Å². The lowest BCUT2D eigenvalue weighted by atomic mass is 9.84. The molecule has 1 aromatic heterocycles. The Morgan fingerprint density at radius 2 is 2.16 bits per heavy atom. The SMILES string of the molecule is COC(=O)c1ccc(CNC(C)C2CCCCC2)o1. The van der Waals surface area contributed by atoms with Gasteiger partial charge in [0, 0.05) is 6.04 Å². The zero-order chi connectivity index (χ0) is 13.7. The Morgan fingerprint density at radius 3 is 2.84 bits per heavy atom. The molecule has 1 heterocycles. The first-order valence-corrected chi connectivity index (χ1v) is 7.11. The van der Waals surface area contributed by atoms with Gasteiger partial charge in [0.25, 0.3) is 0 Å². The summed E-state index contributed by atoms with van der Waals surface area (Å²) in [5.74, 6) is 1.39. The highest BCUT2D eigenvalue weighted by atomic mass is 16.5. The lowest BCUT2D eigenvalue weighted by Gasteiger charge is -2.28.